The fourth-order valence-electron chi connectivity index (χ4n) is 4.01. The van der Waals surface area contributed by atoms with Crippen molar-refractivity contribution in [1.29, 1.82) is 0 Å². The fraction of sp³-hybridized carbons (Fsp3) is 0.222. The molecule has 0 radical (unpaired) electrons. The van der Waals surface area contributed by atoms with Crippen LogP contribution in [0.3, 0.4) is 0 Å². The molecule has 1 fully saturated rings. The Bertz CT molecular complexity index is 1220. The number of rotatable bonds is 7. The number of carbonyl (C=O) groups is 3. The second-order valence-corrected chi connectivity index (χ2v) is 8.31. The number of nitrogens with one attached hydrogen (secondary N) is 2. The van der Waals surface area contributed by atoms with E-state index in [1.165, 1.54) is 0 Å². The Hall–Kier alpha value is -4.13. The predicted octanol–water partition coefficient (Wildman–Crippen LogP) is 3.93. The third-order valence-electron chi connectivity index (χ3n) is 5.83. The molecule has 7 nitrogen and oxygen atoms in total. The molecule has 1 heterocycles. The number of anilines is 2. The Kier molecular flexibility index (Phi) is 6.92. The van der Waals surface area contributed by atoms with E-state index in [2.05, 4.69) is 10.6 Å². The van der Waals surface area contributed by atoms with Crippen LogP contribution in [0.25, 0.3) is 0 Å². The summed E-state index contributed by atoms with van der Waals surface area (Å²) in [4.78, 5) is 40.1. The lowest BCUT2D eigenvalue weighted by molar-refractivity contribution is -0.122. The van der Waals surface area contributed by atoms with E-state index in [4.69, 9.17) is 4.74 Å². The highest BCUT2D eigenvalue weighted by Gasteiger charge is 2.35. The predicted molar refractivity (Wildman–Crippen MR) is 131 cm³/mol. The maximum atomic E-state index is 13.0. The number of hydrogen-bond acceptors (Lipinski definition) is 4. The van der Waals surface area contributed by atoms with Gasteiger partial charge in [-0.05, 0) is 54.4 Å². The van der Waals surface area contributed by atoms with E-state index >= 15 is 0 Å². The van der Waals surface area contributed by atoms with Crippen molar-refractivity contribution >= 4 is 29.1 Å². The van der Waals surface area contributed by atoms with Gasteiger partial charge in [0.2, 0.25) is 11.8 Å². The normalized spacial score (nSPS) is 15.2. The summed E-state index contributed by atoms with van der Waals surface area (Å²) in [7, 11) is 1.59. The molecule has 3 amide bonds. The zero-order valence-corrected chi connectivity index (χ0v) is 19.2. The Labute approximate surface area is 198 Å². The zero-order valence-electron chi connectivity index (χ0n) is 19.2. The first kappa shape index (κ1) is 23.0. The lowest BCUT2D eigenvalue weighted by atomic mass is 10.1. The van der Waals surface area contributed by atoms with Crippen molar-refractivity contribution in [3.8, 4) is 5.75 Å². The molecule has 1 aliphatic rings. The van der Waals surface area contributed by atoms with Gasteiger partial charge in [-0.25, -0.2) is 0 Å². The molecule has 0 spiro atoms. The van der Waals surface area contributed by atoms with Crippen molar-refractivity contribution in [2.45, 2.75) is 19.9 Å². The lowest BCUT2D eigenvalue weighted by Gasteiger charge is -2.17. The number of para-hydroxylation sites is 1. The van der Waals surface area contributed by atoms with Gasteiger partial charge in [0, 0.05) is 25.2 Å². The van der Waals surface area contributed by atoms with Crippen molar-refractivity contribution in [2.24, 2.45) is 5.92 Å². The minimum absolute atomic E-state index is 0.0879. The van der Waals surface area contributed by atoms with Gasteiger partial charge in [-0.1, -0.05) is 36.4 Å². The molecule has 2 N–H and O–H groups in total. The minimum Gasteiger partial charge on any atom is -0.497 e. The topological polar surface area (TPSA) is 87.7 Å². The number of carbonyl (C=O) groups excluding carboxylic acids is 3. The molecule has 1 aliphatic heterocycles. The monoisotopic (exact) mass is 457 g/mol. The maximum Gasteiger partial charge on any atom is 0.253 e. The van der Waals surface area contributed by atoms with Crippen LogP contribution in [0.4, 0.5) is 11.4 Å². The van der Waals surface area contributed by atoms with Gasteiger partial charge in [-0.3, -0.25) is 14.4 Å². The first-order valence-electron chi connectivity index (χ1n) is 11.1. The summed E-state index contributed by atoms with van der Waals surface area (Å²) in [5.74, 6) is -0.458. The molecular weight excluding hydrogens is 430 g/mol. The molecule has 1 atom stereocenters. The van der Waals surface area contributed by atoms with E-state index in [1.54, 1.807) is 36.3 Å². The molecule has 1 saturated heterocycles. The van der Waals surface area contributed by atoms with E-state index < -0.39 is 5.92 Å². The van der Waals surface area contributed by atoms with Crippen LogP contribution in [-0.4, -0.2) is 31.4 Å². The molecule has 3 aromatic rings. The standard InChI is InChI=1S/C27H27N3O4/c1-18-7-5-9-21(13-18)30-17-20(15-25(30)31)26(32)29-24-12-4-3-11-23(24)27(33)28-16-19-8-6-10-22(14-19)34-2/h3-14,20H,15-17H2,1-2H3,(H,28,33)(H,29,32)/t20-/m0/s1. The van der Waals surface area contributed by atoms with Gasteiger partial charge in [-0.2, -0.15) is 0 Å². The van der Waals surface area contributed by atoms with Crippen molar-refractivity contribution in [2.75, 3.05) is 23.9 Å². The molecule has 0 aliphatic carbocycles. The highest BCUT2D eigenvalue weighted by atomic mass is 16.5. The molecule has 174 valence electrons. The van der Waals surface area contributed by atoms with E-state index in [-0.39, 0.29) is 24.1 Å². The van der Waals surface area contributed by atoms with Crippen LogP contribution in [0.15, 0.2) is 72.8 Å². The van der Waals surface area contributed by atoms with Gasteiger partial charge in [-0.15, -0.1) is 0 Å². The summed E-state index contributed by atoms with van der Waals surface area (Å²) < 4.78 is 5.22. The second kappa shape index (κ2) is 10.2. The van der Waals surface area contributed by atoms with Crippen LogP contribution in [0, 0.1) is 12.8 Å². The maximum absolute atomic E-state index is 13.0. The van der Waals surface area contributed by atoms with Crippen molar-refractivity contribution in [3.63, 3.8) is 0 Å². The summed E-state index contributed by atoms with van der Waals surface area (Å²) in [6.07, 6.45) is 0.129. The molecule has 7 heteroatoms. The van der Waals surface area contributed by atoms with Gasteiger partial charge in [0.1, 0.15) is 5.75 Å². The van der Waals surface area contributed by atoms with Crippen molar-refractivity contribution in [1.82, 2.24) is 5.32 Å². The first-order chi connectivity index (χ1) is 16.4. The third kappa shape index (κ3) is 5.26. The van der Waals surface area contributed by atoms with E-state index in [1.807, 2.05) is 55.5 Å². The van der Waals surface area contributed by atoms with Gasteiger partial charge in [0.15, 0.2) is 0 Å². The highest BCUT2D eigenvalue weighted by molar-refractivity contribution is 6.07. The molecule has 0 unspecified atom stereocenters. The summed E-state index contributed by atoms with van der Waals surface area (Å²) >= 11 is 0. The number of methoxy groups -OCH3 is 1. The third-order valence-corrected chi connectivity index (χ3v) is 5.83. The number of ether oxygens (including phenoxy) is 1. The van der Waals surface area contributed by atoms with Crippen LogP contribution < -0.4 is 20.3 Å². The molecule has 0 bridgehead atoms. The van der Waals surface area contributed by atoms with Gasteiger partial charge in [0.05, 0.1) is 24.3 Å². The average molecular weight is 458 g/mol. The molecule has 4 rings (SSSR count). The molecule has 0 aromatic heterocycles. The average Bonchev–Trinajstić information content (AvgIpc) is 3.25. The molecule has 3 aromatic carbocycles. The highest BCUT2D eigenvalue weighted by Crippen LogP contribution is 2.27. The van der Waals surface area contributed by atoms with Gasteiger partial charge in [0.25, 0.3) is 5.91 Å². The van der Waals surface area contributed by atoms with Crippen molar-refractivity contribution < 1.29 is 19.1 Å². The number of benzene rings is 3. The largest absolute Gasteiger partial charge is 0.497 e. The fourth-order valence-corrected chi connectivity index (χ4v) is 4.01. The minimum atomic E-state index is -0.499. The second-order valence-electron chi connectivity index (χ2n) is 8.31. The number of aryl methyl sites for hydroxylation is 1. The summed E-state index contributed by atoms with van der Waals surface area (Å²) in [5, 5.41) is 5.74. The van der Waals surface area contributed by atoms with Crippen molar-refractivity contribution in [3.05, 3.63) is 89.5 Å². The Morgan fingerprint density at radius 2 is 1.82 bits per heavy atom. The summed E-state index contributed by atoms with van der Waals surface area (Å²) in [5.41, 5.74) is 3.51. The Balaban J connectivity index is 1.42. The first-order valence-corrected chi connectivity index (χ1v) is 11.1. The zero-order chi connectivity index (χ0) is 24.1. The molecule has 34 heavy (non-hydrogen) atoms. The van der Waals surface area contributed by atoms with E-state index in [9.17, 15) is 14.4 Å². The Morgan fingerprint density at radius 3 is 2.62 bits per heavy atom. The summed E-state index contributed by atoms with van der Waals surface area (Å²) in [6.45, 7) is 2.59. The van der Waals surface area contributed by atoms with Crippen LogP contribution in [0.5, 0.6) is 5.75 Å². The summed E-state index contributed by atoms with van der Waals surface area (Å²) in [6, 6.07) is 22.0. The van der Waals surface area contributed by atoms with Crippen LogP contribution in [-0.2, 0) is 16.1 Å². The van der Waals surface area contributed by atoms with Gasteiger partial charge >= 0.3 is 0 Å². The lowest BCUT2D eigenvalue weighted by Crippen LogP contribution is -2.29. The number of hydrogen-bond donors (Lipinski definition) is 2. The number of amides is 3. The van der Waals surface area contributed by atoms with Crippen LogP contribution >= 0.6 is 0 Å². The van der Waals surface area contributed by atoms with E-state index in [0.29, 0.717) is 30.1 Å². The van der Waals surface area contributed by atoms with E-state index in [0.717, 1.165) is 16.8 Å². The molecular formula is C27H27N3O4. The van der Waals surface area contributed by atoms with Crippen LogP contribution in [0.1, 0.15) is 27.9 Å². The number of nitrogens with zero attached hydrogens (tertiary/aromatic N) is 1. The molecule has 0 saturated carbocycles. The Morgan fingerprint density at radius 1 is 1.03 bits per heavy atom. The quantitative estimate of drug-likeness (QED) is 0.563. The van der Waals surface area contributed by atoms with Gasteiger partial charge < -0.3 is 20.3 Å². The SMILES string of the molecule is COc1cccc(CNC(=O)c2ccccc2NC(=O)[C@H]2CC(=O)N(c3cccc(C)c3)C2)c1. The smallest absolute Gasteiger partial charge is 0.253 e. The van der Waals surface area contributed by atoms with Crippen LogP contribution in [0.2, 0.25) is 0 Å².